The van der Waals surface area contributed by atoms with Gasteiger partial charge in [-0.15, -0.1) is 0 Å². The van der Waals surface area contributed by atoms with Crippen LogP contribution in [0.4, 0.5) is 5.88 Å². The number of aromatic nitrogens is 1. The Bertz CT molecular complexity index is 1190. The molecule has 0 radical (unpaired) electrons. The number of nitrogens with zero attached hydrogens (tertiary/aromatic N) is 2. The maximum absolute atomic E-state index is 12.6. The molecule has 2 aromatic heterocycles. The van der Waals surface area contributed by atoms with Crippen LogP contribution in [0.3, 0.4) is 0 Å². The van der Waals surface area contributed by atoms with Gasteiger partial charge in [0.05, 0.1) is 6.07 Å². The van der Waals surface area contributed by atoms with E-state index in [2.05, 4.69) is 0 Å². The highest BCUT2D eigenvalue weighted by atomic mass is 16.7. The number of rotatable bonds is 7. The third-order valence-electron chi connectivity index (χ3n) is 4.96. The number of aryl methyl sites for hydroxylation is 1. The molecule has 1 aliphatic heterocycles. The molecule has 3 aromatic rings. The van der Waals surface area contributed by atoms with Crippen molar-refractivity contribution in [1.29, 1.82) is 0 Å². The number of fused-ring (bicyclic) bond motifs is 1. The molecule has 160 valence electrons. The molecule has 0 atom stereocenters. The van der Waals surface area contributed by atoms with Gasteiger partial charge in [-0.3, -0.25) is 14.9 Å². The van der Waals surface area contributed by atoms with Gasteiger partial charge in [0.1, 0.15) is 4.92 Å². The fourth-order valence-corrected chi connectivity index (χ4v) is 3.36. The van der Waals surface area contributed by atoms with Crippen molar-refractivity contribution in [2.24, 2.45) is 0 Å². The van der Waals surface area contributed by atoms with Crippen LogP contribution < -0.4 is 9.47 Å². The SMILES string of the molecule is Cc1cc(C(=O)COC(=O)c2ccc([N+](=O)[O-])o2)c(C)n1Cc1ccc2c(c1)OCO2. The van der Waals surface area contributed by atoms with E-state index in [0.29, 0.717) is 23.6 Å². The van der Waals surface area contributed by atoms with E-state index in [1.165, 1.54) is 0 Å². The topological polar surface area (TPSA) is 123 Å². The lowest BCUT2D eigenvalue weighted by Gasteiger charge is -2.11. The van der Waals surface area contributed by atoms with Crippen LogP contribution in [-0.4, -0.2) is 34.6 Å². The summed E-state index contributed by atoms with van der Waals surface area (Å²) in [5, 5.41) is 10.6. The maximum atomic E-state index is 12.6. The van der Waals surface area contributed by atoms with Gasteiger partial charge < -0.3 is 23.2 Å². The van der Waals surface area contributed by atoms with Gasteiger partial charge in [0.2, 0.25) is 18.3 Å². The Kier molecular flexibility index (Phi) is 5.20. The second-order valence-corrected chi connectivity index (χ2v) is 6.95. The van der Waals surface area contributed by atoms with Crippen LogP contribution in [-0.2, 0) is 11.3 Å². The Morgan fingerprint density at radius 1 is 1.13 bits per heavy atom. The first-order chi connectivity index (χ1) is 14.8. The zero-order valence-corrected chi connectivity index (χ0v) is 16.7. The van der Waals surface area contributed by atoms with Gasteiger partial charge in [0.25, 0.3) is 0 Å². The zero-order chi connectivity index (χ0) is 22.1. The van der Waals surface area contributed by atoms with Crippen molar-refractivity contribution >= 4 is 17.6 Å². The van der Waals surface area contributed by atoms with Gasteiger partial charge in [-0.05, 0) is 43.7 Å². The largest absolute Gasteiger partial charge is 0.454 e. The lowest BCUT2D eigenvalue weighted by molar-refractivity contribution is -0.402. The van der Waals surface area contributed by atoms with E-state index < -0.39 is 23.4 Å². The van der Waals surface area contributed by atoms with E-state index in [-0.39, 0.29) is 18.3 Å². The highest BCUT2D eigenvalue weighted by Gasteiger charge is 2.22. The van der Waals surface area contributed by atoms with E-state index in [1.807, 2.05) is 36.6 Å². The smallest absolute Gasteiger partial charge is 0.433 e. The van der Waals surface area contributed by atoms with Crippen LogP contribution >= 0.6 is 0 Å². The number of carbonyl (C=O) groups excluding carboxylic acids is 2. The second kappa shape index (κ2) is 7.98. The van der Waals surface area contributed by atoms with Gasteiger partial charge >= 0.3 is 11.9 Å². The minimum Gasteiger partial charge on any atom is -0.454 e. The molecular weight excluding hydrogens is 408 g/mol. The molecule has 0 aliphatic carbocycles. The average Bonchev–Trinajstić information content (AvgIpc) is 3.47. The highest BCUT2D eigenvalue weighted by molar-refractivity contribution is 6.00. The van der Waals surface area contributed by atoms with Gasteiger partial charge in [-0.2, -0.15) is 0 Å². The molecule has 0 amide bonds. The van der Waals surface area contributed by atoms with Crippen molar-refractivity contribution in [3.63, 3.8) is 0 Å². The molecule has 10 nitrogen and oxygen atoms in total. The van der Waals surface area contributed by atoms with Crippen molar-refractivity contribution in [3.05, 3.63) is 74.8 Å². The number of carbonyl (C=O) groups is 2. The number of hydrogen-bond acceptors (Lipinski definition) is 8. The Labute approximate surface area is 176 Å². The fraction of sp³-hybridized carbons (Fsp3) is 0.238. The van der Waals surface area contributed by atoms with E-state index >= 15 is 0 Å². The molecule has 1 aromatic carbocycles. The number of hydrogen-bond donors (Lipinski definition) is 0. The second-order valence-electron chi connectivity index (χ2n) is 6.95. The molecule has 31 heavy (non-hydrogen) atoms. The molecular formula is C21H18N2O8. The van der Waals surface area contributed by atoms with Crippen molar-refractivity contribution < 1.29 is 33.1 Å². The molecule has 0 fully saturated rings. The van der Waals surface area contributed by atoms with E-state index in [4.69, 9.17) is 18.6 Å². The summed E-state index contributed by atoms with van der Waals surface area (Å²) in [5.41, 5.74) is 3.00. The number of ketones is 1. The molecule has 3 heterocycles. The van der Waals surface area contributed by atoms with E-state index in [1.54, 1.807) is 6.07 Å². The summed E-state index contributed by atoms with van der Waals surface area (Å²) in [6.07, 6.45) is 0. The first-order valence-corrected chi connectivity index (χ1v) is 9.33. The molecule has 0 saturated carbocycles. The van der Waals surface area contributed by atoms with Crippen molar-refractivity contribution in [2.75, 3.05) is 13.4 Å². The number of esters is 1. The van der Waals surface area contributed by atoms with Gasteiger partial charge in [-0.25, -0.2) is 4.79 Å². The standard InChI is InChI=1S/C21H18N2O8/c1-12-7-15(16(24)10-28-21(25)18-5-6-20(31-18)23(26)27)13(2)22(12)9-14-3-4-17-19(8-14)30-11-29-17/h3-8H,9-11H2,1-2H3. The molecule has 0 bridgehead atoms. The lowest BCUT2D eigenvalue weighted by atomic mass is 10.1. The monoisotopic (exact) mass is 426 g/mol. The number of nitro groups is 1. The van der Waals surface area contributed by atoms with Crippen LogP contribution in [0.5, 0.6) is 11.5 Å². The Hall–Kier alpha value is -4.08. The summed E-state index contributed by atoms with van der Waals surface area (Å²) >= 11 is 0. The summed E-state index contributed by atoms with van der Waals surface area (Å²) in [4.78, 5) is 34.5. The highest BCUT2D eigenvalue weighted by Crippen LogP contribution is 2.33. The Morgan fingerprint density at radius 2 is 1.90 bits per heavy atom. The maximum Gasteiger partial charge on any atom is 0.433 e. The van der Waals surface area contributed by atoms with Crippen LogP contribution in [0, 0.1) is 24.0 Å². The molecule has 0 unspecified atom stereocenters. The van der Waals surface area contributed by atoms with Gasteiger partial charge in [0, 0.05) is 23.5 Å². The summed E-state index contributed by atoms with van der Waals surface area (Å²) in [7, 11) is 0. The first-order valence-electron chi connectivity index (χ1n) is 9.33. The average molecular weight is 426 g/mol. The minimum atomic E-state index is -0.949. The number of Topliss-reactive ketones (excluding diaryl/α,β-unsaturated/α-hetero) is 1. The number of ether oxygens (including phenoxy) is 3. The normalized spacial score (nSPS) is 12.1. The fourth-order valence-electron chi connectivity index (χ4n) is 3.36. The molecule has 4 rings (SSSR count). The van der Waals surface area contributed by atoms with Crippen molar-refractivity contribution in [1.82, 2.24) is 4.57 Å². The molecule has 0 spiro atoms. The quantitative estimate of drug-likeness (QED) is 0.244. The van der Waals surface area contributed by atoms with Crippen LogP contribution in [0.15, 0.2) is 40.8 Å². The van der Waals surface area contributed by atoms with Crippen LogP contribution in [0.2, 0.25) is 0 Å². The molecule has 0 saturated heterocycles. The lowest BCUT2D eigenvalue weighted by Crippen LogP contribution is -2.15. The summed E-state index contributed by atoms with van der Waals surface area (Å²) in [6, 6.07) is 9.57. The van der Waals surface area contributed by atoms with Crippen LogP contribution in [0.25, 0.3) is 0 Å². The summed E-state index contributed by atoms with van der Waals surface area (Å²) in [6.45, 7) is 3.90. The molecule has 10 heteroatoms. The first kappa shape index (κ1) is 20.2. The Morgan fingerprint density at radius 3 is 2.65 bits per heavy atom. The van der Waals surface area contributed by atoms with E-state index in [0.717, 1.165) is 29.1 Å². The number of benzene rings is 1. The molecule has 1 aliphatic rings. The van der Waals surface area contributed by atoms with Crippen molar-refractivity contribution in [3.8, 4) is 11.5 Å². The van der Waals surface area contributed by atoms with E-state index in [9.17, 15) is 19.7 Å². The van der Waals surface area contributed by atoms with Gasteiger partial charge in [-0.1, -0.05) is 6.07 Å². The predicted octanol–water partition coefficient (Wildman–Crippen LogP) is 3.42. The molecule has 0 N–H and O–H groups in total. The zero-order valence-electron chi connectivity index (χ0n) is 16.7. The summed E-state index contributed by atoms with van der Waals surface area (Å²) in [5.74, 6) is -0.876. The predicted molar refractivity (Wildman–Crippen MR) is 106 cm³/mol. The van der Waals surface area contributed by atoms with Crippen molar-refractivity contribution in [2.45, 2.75) is 20.4 Å². The third-order valence-corrected chi connectivity index (χ3v) is 4.96. The number of furan rings is 1. The van der Waals surface area contributed by atoms with Crippen LogP contribution in [0.1, 0.15) is 37.9 Å². The minimum absolute atomic E-state index is 0.198. The Balaban J connectivity index is 1.44. The third kappa shape index (κ3) is 4.00. The van der Waals surface area contributed by atoms with Gasteiger partial charge in [0.15, 0.2) is 18.1 Å². The summed E-state index contributed by atoms with van der Waals surface area (Å²) < 4.78 is 22.5.